The molecule has 0 radical (unpaired) electrons. The van der Waals surface area contributed by atoms with E-state index in [1.54, 1.807) is 0 Å². The smallest absolute Gasteiger partial charge is 0.378 e. The van der Waals surface area contributed by atoms with E-state index in [-0.39, 0.29) is 18.5 Å². The summed E-state index contributed by atoms with van der Waals surface area (Å²) in [6.45, 7) is -1.15. The van der Waals surface area contributed by atoms with Crippen molar-refractivity contribution in [3.63, 3.8) is 0 Å². The molecule has 0 spiro atoms. The Balaban J connectivity index is 1.62. The van der Waals surface area contributed by atoms with Crippen molar-refractivity contribution in [3.05, 3.63) is 65.2 Å². The summed E-state index contributed by atoms with van der Waals surface area (Å²) in [5.74, 6) is -0.141. The van der Waals surface area contributed by atoms with E-state index in [0.717, 1.165) is 17.7 Å². The van der Waals surface area contributed by atoms with Crippen LogP contribution in [0.15, 0.2) is 48.5 Å². The Hall–Kier alpha value is -2.26. The lowest BCUT2D eigenvalue weighted by Crippen LogP contribution is -2.43. The molecule has 0 amide bonds. The Bertz CT molecular complexity index is 899. The van der Waals surface area contributed by atoms with Gasteiger partial charge in [-0.3, -0.25) is 0 Å². The van der Waals surface area contributed by atoms with Crippen LogP contribution in [0.4, 0.5) is 32.0 Å². The van der Waals surface area contributed by atoms with Crippen molar-refractivity contribution in [2.24, 2.45) is 5.92 Å². The second-order valence-corrected chi connectivity index (χ2v) is 8.00. The Labute approximate surface area is 175 Å². The fourth-order valence-electron chi connectivity index (χ4n) is 4.45. The second kappa shape index (κ2) is 8.35. The highest BCUT2D eigenvalue weighted by Gasteiger charge is 2.43. The van der Waals surface area contributed by atoms with E-state index in [1.807, 2.05) is 30.3 Å². The van der Waals surface area contributed by atoms with Crippen molar-refractivity contribution < 1.29 is 31.1 Å². The summed E-state index contributed by atoms with van der Waals surface area (Å²) in [4.78, 5) is 0. The number of alkyl halides is 6. The summed E-state index contributed by atoms with van der Waals surface area (Å²) in [6, 6.07) is 12.9. The first-order valence-corrected chi connectivity index (χ1v) is 10.1. The molecule has 2 heterocycles. The maximum absolute atomic E-state index is 13.3. The summed E-state index contributed by atoms with van der Waals surface area (Å²) in [5.41, 5.74) is 1.16. The molecule has 0 bridgehead atoms. The van der Waals surface area contributed by atoms with Crippen molar-refractivity contribution in [1.29, 1.82) is 0 Å². The van der Waals surface area contributed by atoms with Gasteiger partial charge in [0, 0.05) is 23.7 Å². The van der Waals surface area contributed by atoms with Crippen molar-refractivity contribution >= 4 is 5.69 Å². The summed E-state index contributed by atoms with van der Waals surface area (Å²) in [6.07, 6.45) is -8.85. The van der Waals surface area contributed by atoms with E-state index < -0.39 is 36.7 Å². The number of anilines is 1. The highest BCUT2D eigenvalue weighted by Crippen LogP contribution is 2.51. The standard InChI is InChI=1S/C22H22F6N2O/c23-21(24,25)12-29-11-15-7-8-16-19(13-4-2-1-3-5-13)30-18-9-6-14(22(26,27)28)10-17(18)20(16)31-15/h1-6,9-10,15-16,19-20,29-30H,7-8,11-12H2/t15-,16+,19+,20+/m1/s1. The van der Waals surface area contributed by atoms with E-state index in [4.69, 9.17) is 4.74 Å². The fraction of sp³-hybridized carbons (Fsp3) is 0.455. The maximum Gasteiger partial charge on any atom is 0.416 e. The van der Waals surface area contributed by atoms with Gasteiger partial charge in [0.25, 0.3) is 0 Å². The van der Waals surface area contributed by atoms with Gasteiger partial charge in [-0.25, -0.2) is 0 Å². The van der Waals surface area contributed by atoms with Crippen LogP contribution in [0.2, 0.25) is 0 Å². The number of nitrogens with one attached hydrogen (secondary N) is 2. The van der Waals surface area contributed by atoms with E-state index in [2.05, 4.69) is 10.6 Å². The van der Waals surface area contributed by atoms with Crippen molar-refractivity contribution in [2.45, 2.75) is 43.4 Å². The van der Waals surface area contributed by atoms with Gasteiger partial charge in [0.2, 0.25) is 0 Å². The third-order valence-electron chi connectivity index (χ3n) is 5.83. The van der Waals surface area contributed by atoms with E-state index in [1.165, 1.54) is 6.07 Å². The summed E-state index contributed by atoms with van der Waals surface area (Å²) < 4.78 is 83.4. The van der Waals surface area contributed by atoms with Crippen LogP contribution in [-0.4, -0.2) is 25.4 Å². The van der Waals surface area contributed by atoms with Gasteiger partial charge in [-0.2, -0.15) is 26.3 Å². The minimum atomic E-state index is -4.50. The molecule has 2 N–H and O–H groups in total. The fourth-order valence-corrected chi connectivity index (χ4v) is 4.45. The first kappa shape index (κ1) is 22.0. The minimum Gasteiger partial charge on any atom is -0.378 e. The predicted octanol–water partition coefficient (Wildman–Crippen LogP) is 5.86. The molecule has 0 aliphatic carbocycles. The van der Waals surface area contributed by atoms with Gasteiger partial charge < -0.3 is 15.4 Å². The monoisotopic (exact) mass is 444 g/mol. The number of halogens is 6. The predicted molar refractivity (Wildman–Crippen MR) is 104 cm³/mol. The zero-order chi connectivity index (χ0) is 22.2. The number of hydrogen-bond donors (Lipinski definition) is 2. The Kier molecular flexibility index (Phi) is 5.91. The molecule has 0 unspecified atom stereocenters. The van der Waals surface area contributed by atoms with Gasteiger partial charge in [0.1, 0.15) is 0 Å². The van der Waals surface area contributed by atoms with Crippen molar-refractivity contribution in [2.75, 3.05) is 18.4 Å². The first-order valence-electron chi connectivity index (χ1n) is 10.1. The molecular weight excluding hydrogens is 422 g/mol. The number of fused-ring (bicyclic) bond motifs is 3. The molecular formula is C22H22F6N2O. The molecule has 1 saturated heterocycles. The van der Waals surface area contributed by atoms with Crippen LogP contribution in [0, 0.1) is 5.92 Å². The molecule has 2 aliphatic rings. The van der Waals surface area contributed by atoms with Crippen LogP contribution in [0.25, 0.3) is 0 Å². The van der Waals surface area contributed by atoms with Crippen LogP contribution >= 0.6 is 0 Å². The van der Waals surface area contributed by atoms with Gasteiger partial charge in [-0.15, -0.1) is 0 Å². The Morgan fingerprint density at radius 3 is 2.39 bits per heavy atom. The first-order chi connectivity index (χ1) is 14.6. The Morgan fingerprint density at radius 2 is 1.71 bits per heavy atom. The molecule has 31 heavy (non-hydrogen) atoms. The lowest BCUT2D eigenvalue weighted by atomic mass is 9.76. The number of benzene rings is 2. The van der Waals surface area contributed by atoms with Gasteiger partial charge in [0.15, 0.2) is 0 Å². The van der Waals surface area contributed by atoms with Gasteiger partial charge >= 0.3 is 12.4 Å². The molecule has 1 fully saturated rings. The van der Waals surface area contributed by atoms with E-state index in [0.29, 0.717) is 24.1 Å². The molecule has 168 valence electrons. The second-order valence-electron chi connectivity index (χ2n) is 8.00. The minimum absolute atomic E-state index is 0.0134. The lowest BCUT2D eigenvalue weighted by Gasteiger charge is -2.46. The molecule has 4 rings (SSSR count). The van der Waals surface area contributed by atoms with Crippen molar-refractivity contribution in [1.82, 2.24) is 5.32 Å². The Morgan fingerprint density at radius 1 is 0.968 bits per heavy atom. The van der Waals surface area contributed by atoms with Crippen LogP contribution < -0.4 is 10.6 Å². The highest BCUT2D eigenvalue weighted by molar-refractivity contribution is 5.58. The molecule has 3 nitrogen and oxygen atoms in total. The van der Waals surface area contributed by atoms with Gasteiger partial charge in [0.05, 0.1) is 30.4 Å². The molecule has 9 heteroatoms. The third-order valence-corrected chi connectivity index (χ3v) is 5.83. The summed E-state index contributed by atoms with van der Waals surface area (Å²) >= 11 is 0. The maximum atomic E-state index is 13.3. The average Bonchev–Trinajstić information content (AvgIpc) is 2.72. The zero-order valence-electron chi connectivity index (χ0n) is 16.4. The molecule has 4 atom stereocenters. The van der Waals surface area contributed by atoms with Gasteiger partial charge in [-0.1, -0.05) is 30.3 Å². The van der Waals surface area contributed by atoms with Crippen LogP contribution in [0.3, 0.4) is 0 Å². The van der Waals surface area contributed by atoms with E-state index in [9.17, 15) is 26.3 Å². The molecule has 2 aromatic rings. The highest BCUT2D eigenvalue weighted by atomic mass is 19.4. The molecule has 2 aromatic carbocycles. The number of rotatable bonds is 4. The third kappa shape index (κ3) is 4.98. The normalized spacial score (nSPS) is 26.0. The van der Waals surface area contributed by atoms with E-state index >= 15 is 0 Å². The lowest BCUT2D eigenvalue weighted by molar-refractivity contribution is -0.138. The number of hydrogen-bond acceptors (Lipinski definition) is 3. The molecule has 0 aromatic heterocycles. The van der Waals surface area contributed by atoms with Crippen LogP contribution in [0.1, 0.15) is 41.7 Å². The summed E-state index contributed by atoms with van der Waals surface area (Å²) in [7, 11) is 0. The SMILES string of the molecule is FC(F)(F)CNC[C@H]1CC[C@@H]2[C@H](O1)c1cc(C(F)(F)F)ccc1N[C@H]2c1ccccc1. The molecule has 0 saturated carbocycles. The number of ether oxygens (including phenoxy) is 1. The summed E-state index contributed by atoms with van der Waals surface area (Å²) in [5, 5.41) is 5.70. The quantitative estimate of drug-likeness (QED) is 0.580. The van der Waals surface area contributed by atoms with Gasteiger partial charge in [-0.05, 0) is 36.6 Å². The topological polar surface area (TPSA) is 33.3 Å². The molecule has 2 aliphatic heterocycles. The van der Waals surface area contributed by atoms with Crippen molar-refractivity contribution in [3.8, 4) is 0 Å². The van der Waals surface area contributed by atoms with Crippen LogP contribution in [0.5, 0.6) is 0 Å². The largest absolute Gasteiger partial charge is 0.416 e. The average molecular weight is 444 g/mol. The van der Waals surface area contributed by atoms with Crippen LogP contribution in [-0.2, 0) is 10.9 Å². The zero-order valence-corrected chi connectivity index (χ0v) is 16.4.